The summed E-state index contributed by atoms with van der Waals surface area (Å²) in [5.41, 5.74) is 0.419. The lowest BCUT2D eigenvalue weighted by molar-refractivity contribution is -0.193. The molecule has 2 aromatic rings. The predicted molar refractivity (Wildman–Crippen MR) is 116 cm³/mol. The Kier molecular flexibility index (Phi) is 6.75. The first-order chi connectivity index (χ1) is 14.3. The van der Waals surface area contributed by atoms with Crippen LogP contribution in [0.4, 0.5) is 0 Å². The second-order valence-electron chi connectivity index (χ2n) is 7.84. The highest BCUT2D eigenvalue weighted by atomic mass is 32.2. The van der Waals surface area contributed by atoms with Gasteiger partial charge in [-0.15, -0.1) is 0 Å². The first-order valence-corrected chi connectivity index (χ1v) is 12.0. The molecule has 0 amide bonds. The monoisotopic (exact) mass is 433 g/mol. The number of sulfone groups is 1. The number of rotatable bonds is 7. The summed E-state index contributed by atoms with van der Waals surface area (Å²) in [5, 5.41) is 12.9. The van der Waals surface area contributed by atoms with Gasteiger partial charge < -0.3 is 14.7 Å². The minimum Gasteiger partial charge on any atom is -0.493 e. The molecular formula is C23H31NO5S. The van der Waals surface area contributed by atoms with Crippen molar-refractivity contribution in [2.75, 3.05) is 20.0 Å². The molecule has 1 heterocycles. The molecule has 3 rings (SSSR count). The Morgan fingerprint density at radius 1 is 1.10 bits per heavy atom. The smallest absolute Gasteiger partial charge is 0.180 e. The minimum atomic E-state index is -3.70. The SMILES string of the molecule is CCCC[C@]1(CC)CS(=O)(=O)c2cc(OC)c(OC)cc2C(c2ccccc2)N1O. The molecule has 0 saturated carbocycles. The van der Waals surface area contributed by atoms with Crippen molar-refractivity contribution in [3.63, 3.8) is 0 Å². The zero-order valence-corrected chi connectivity index (χ0v) is 18.9. The molecule has 164 valence electrons. The molecule has 0 fully saturated rings. The van der Waals surface area contributed by atoms with Gasteiger partial charge in [0.25, 0.3) is 0 Å². The number of ether oxygens (including phenoxy) is 2. The number of methoxy groups -OCH3 is 2. The van der Waals surface area contributed by atoms with E-state index in [1.165, 1.54) is 25.3 Å². The van der Waals surface area contributed by atoms with Crippen LogP contribution in [-0.2, 0) is 9.84 Å². The zero-order valence-electron chi connectivity index (χ0n) is 18.1. The number of fused-ring (bicyclic) bond motifs is 1. The maximum Gasteiger partial charge on any atom is 0.180 e. The van der Waals surface area contributed by atoms with Crippen molar-refractivity contribution in [1.82, 2.24) is 5.06 Å². The average molecular weight is 434 g/mol. The molecule has 30 heavy (non-hydrogen) atoms. The highest BCUT2D eigenvalue weighted by molar-refractivity contribution is 7.91. The van der Waals surface area contributed by atoms with Crippen LogP contribution in [0, 0.1) is 0 Å². The molecule has 0 radical (unpaired) electrons. The summed E-state index contributed by atoms with van der Waals surface area (Å²) in [6, 6.07) is 12.1. The van der Waals surface area contributed by atoms with Crippen LogP contribution >= 0.6 is 0 Å². The van der Waals surface area contributed by atoms with Crippen molar-refractivity contribution in [3.8, 4) is 11.5 Å². The summed E-state index contributed by atoms with van der Waals surface area (Å²) in [6.45, 7) is 4.00. The van der Waals surface area contributed by atoms with Gasteiger partial charge in [0.05, 0.1) is 36.4 Å². The summed E-state index contributed by atoms with van der Waals surface area (Å²) in [5.74, 6) is 0.630. The fraction of sp³-hybridized carbons (Fsp3) is 0.478. The van der Waals surface area contributed by atoms with Crippen molar-refractivity contribution >= 4 is 9.84 Å². The van der Waals surface area contributed by atoms with Crippen molar-refractivity contribution in [2.45, 2.75) is 56.0 Å². The Labute approximate surface area is 179 Å². The number of benzene rings is 2. The van der Waals surface area contributed by atoms with Crippen LogP contribution in [0.1, 0.15) is 56.7 Å². The number of hydrogen-bond donors (Lipinski definition) is 1. The Hall–Kier alpha value is -2.09. The van der Waals surface area contributed by atoms with Crippen LogP contribution in [0.2, 0.25) is 0 Å². The standard InChI is InChI=1S/C23H31NO5S/c1-5-7-13-23(6-2)16-30(26,27)21-15-20(29-4)19(28-3)14-18(21)22(24(23)25)17-11-9-8-10-12-17/h8-12,14-15,22,25H,5-7,13,16H2,1-4H3/t22?,23-/m1/s1. The summed E-state index contributed by atoms with van der Waals surface area (Å²) in [4.78, 5) is 0.180. The van der Waals surface area contributed by atoms with Crippen LogP contribution in [0.3, 0.4) is 0 Å². The highest BCUT2D eigenvalue weighted by Crippen LogP contribution is 2.47. The van der Waals surface area contributed by atoms with Gasteiger partial charge in [-0.1, -0.05) is 57.0 Å². The van der Waals surface area contributed by atoms with Gasteiger partial charge in [0.15, 0.2) is 21.3 Å². The first-order valence-electron chi connectivity index (χ1n) is 10.4. The molecule has 2 aromatic carbocycles. The van der Waals surface area contributed by atoms with Crippen molar-refractivity contribution < 1.29 is 23.1 Å². The number of nitrogens with zero attached hydrogens (tertiary/aromatic N) is 1. The van der Waals surface area contributed by atoms with E-state index in [0.717, 1.165) is 18.4 Å². The predicted octanol–water partition coefficient (Wildman–Crippen LogP) is 4.61. The topological polar surface area (TPSA) is 76.1 Å². The quantitative estimate of drug-likeness (QED) is 0.687. The zero-order chi connectivity index (χ0) is 21.9. The molecule has 1 unspecified atom stereocenters. The molecule has 1 N–H and O–H groups in total. The van der Waals surface area contributed by atoms with E-state index < -0.39 is 21.4 Å². The van der Waals surface area contributed by atoms with Crippen LogP contribution < -0.4 is 9.47 Å². The fourth-order valence-electron chi connectivity index (χ4n) is 4.35. The van der Waals surface area contributed by atoms with Gasteiger partial charge in [-0.25, -0.2) is 8.42 Å². The second-order valence-corrected chi connectivity index (χ2v) is 9.80. The third kappa shape index (κ3) is 3.94. The lowest BCUT2D eigenvalue weighted by Gasteiger charge is -2.42. The number of hydrogen-bond acceptors (Lipinski definition) is 6. The molecule has 1 aliphatic heterocycles. The highest BCUT2D eigenvalue weighted by Gasteiger charge is 2.48. The maximum absolute atomic E-state index is 13.6. The maximum atomic E-state index is 13.6. The molecular weight excluding hydrogens is 402 g/mol. The second kappa shape index (κ2) is 8.96. The van der Waals surface area contributed by atoms with E-state index in [4.69, 9.17) is 9.47 Å². The number of hydroxylamine groups is 2. The normalized spacial score (nSPS) is 23.4. The lowest BCUT2D eigenvalue weighted by atomic mass is 9.87. The first kappa shape index (κ1) is 22.6. The van der Waals surface area contributed by atoms with Crippen LogP contribution in [0.25, 0.3) is 0 Å². The van der Waals surface area contributed by atoms with E-state index in [2.05, 4.69) is 6.92 Å². The van der Waals surface area contributed by atoms with Crippen LogP contribution in [-0.4, -0.2) is 44.2 Å². The molecule has 2 atom stereocenters. The van der Waals surface area contributed by atoms with Gasteiger partial charge in [0.2, 0.25) is 0 Å². The summed E-state index contributed by atoms with van der Waals surface area (Å²) in [6.07, 6.45) is 2.83. The van der Waals surface area contributed by atoms with Gasteiger partial charge >= 0.3 is 0 Å². The van der Waals surface area contributed by atoms with Crippen LogP contribution in [0.15, 0.2) is 47.4 Å². The molecule has 6 nitrogen and oxygen atoms in total. The van der Waals surface area contributed by atoms with Crippen molar-refractivity contribution in [2.24, 2.45) is 0 Å². The van der Waals surface area contributed by atoms with E-state index in [9.17, 15) is 13.6 Å². The molecule has 1 aliphatic rings. The van der Waals surface area contributed by atoms with Crippen molar-refractivity contribution in [1.29, 1.82) is 0 Å². The lowest BCUT2D eigenvalue weighted by Crippen LogP contribution is -2.51. The van der Waals surface area contributed by atoms with E-state index in [-0.39, 0.29) is 10.6 Å². The van der Waals surface area contributed by atoms with Gasteiger partial charge in [0, 0.05) is 6.07 Å². The van der Waals surface area contributed by atoms with Crippen LogP contribution in [0.5, 0.6) is 11.5 Å². The molecule has 0 bridgehead atoms. The average Bonchev–Trinajstić information content (AvgIpc) is 2.83. The fourth-order valence-corrected chi connectivity index (χ4v) is 6.51. The minimum absolute atomic E-state index is 0.154. The summed E-state index contributed by atoms with van der Waals surface area (Å²) >= 11 is 0. The van der Waals surface area contributed by atoms with E-state index in [1.807, 2.05) is 37.3 Å². The van der Waals surface area contributed by atoms with Gasteiger partial charge in [0.1, 0.15) is 0 Å². The third-order valence-electron chi connectivity index (χ3n) is 6.10. The molecule has 7 heteroatoms. The Morgan fingerprint density at radius 2 is 1.73 bits per heavy atom. The number of unbranched alkanes of at least 4 members (excludes halogenated alkanes) is 1. The Bertz CT molecular complexity index is 977. The Morgan fingerprint density at radius 3 is 2.30 bits per heavy atom. The molecule has 0 aromatic heterocycles. The van der Waals surface area contributed by atoms with Gasteiger partial charge in [-0.05, 0) is 30.0 Å². The summed E-state index contributed by atoms with van der Waals surface area (Å²) < 4.78 is 38.0. The molecule has 0 spiro atoms. The third-order valence-corrected chi connectivity index (χ3v) is 8.05. The Balaban J connectivity index is 2.34. The largest absolute Gasteiger partial charge is 0.493 e. The van der Waals surface area contributed by atoms with Crippen molar-refractivity contribution in [3.05, 3.63) is 53.6 Å². The van der Waals surface area contributed by atoms with E-state index >= 15 is 0 Å². The van der Waals surface area contributed by atoms with Gasteiger partial charge in [-0.2, -0.15) is 5.06 Å². The summed E-state index contributed by atoms with van der Waals surface area (Å²) in [7, 11) is -0.698. The molecule has 0 aliphatic carbocycles. The van der Waals surface area contributed by atoms with E-state index in [0.29, 0.717) is 29.9 Å². The molecule has 0 saturated heterocycles. The van der Waals surface area contributed by atoms with Gasteiger partial charge in [-0.3, -0.25) is 0 Å². The van der Waals surface area contributed by atoms with E-state index in [1.54, 1.807) is 6.07 Å².